The van der Waals surface area contributed by atoms with Crippen LogP contribution in [0, 0.1) is 0 Å². The maximum atomic E-state index is 13.2. The minimum absolute atomic E-state index is 0.0552. The van der Waals surface area contributed by atoms with Crippen molar-refractivity contribution in [1.29, 1.82) is 0 Å². The molecule has 1 aromatic carbocycles. The van der Waals surface area contributed by atoms with Crippen LogP contribution in [0.5, 0.6) is 0 Å². The summed E-state index contributed by atoms with van der Waals surface area (Å²) in [5.41, 5.74) is -2.83. The fraction of sp³-hybridized carbons (Fsp3) is 0.192. The number of anilines is 1. The third-order valence-corrected chi connectivity index (χ3v) is 7.96. The molecule has 1 aliphatic rings. The Morgan fingerprint density at radius 1 is 1.05 bits per heavy atom. The van der Waals surface area contributed by atoms with Gasteiger partial charge in [0.05, 0.1) is 28.7 Å². The maximum Gasteiger partial charge on any atom is 0.416 e. The lowest BCUT2D eigenvalue weighted by atomic mass is 10.0. The van der Waals surface area contributed by atoms with Crippen LogP contribution >= 0.6 is 35.3 Å². The minimum Gasteiger partial charge on any atom is -0.465 e. The highest BCUT2D eigenvalue weighted by Gasteiger charge is 2.37. The first-order valence-electron chi connectivity index (χ1n) is 11.6. The molecule has 3 heterocycles. The zero-order valence-corrected chi connectivity index (χ0v) is 23.6. The van der Waals surface area contributed by atoms with E-state index >= 15 is 0 Å². The number of thiocarbonyl (C=S) groups is 1. The summed E-state index contributed by atoms with van der Waals surface area (Å²) in [6, 6.07) is 5.52. The highest BCUT2D eigenvalue weighted by Crippen LogP contribution is 2.40. The standard InChI is InChI=1S/C26H17F6N3O4S3/c1-39-23(38)13-2-3-20(33-11-13)34-21(36)4-5-35-22(37)19(42-24(35)40)10-18-8-15(12-41-18)14-6-16(25(27,28)29)9-17(7-14)26(30,31)32/h2-3,6-12H,4-5H2,1H3,(H,33,34,36)/b19-10-. The number of halogens is 6. The van der Waals surface area contributed by atoms with Crippen molar-refractivity contribution in [1.82, 2.24) is 9.88 Å². The molecule has 1 N–H and O–H groups in total. The van der Waals surface area contributed by atoms with Crippen LogP contribution in [0.4, 0.5) is 32.2 Å². The molecule has 0 unspecified atom stereocenters. The van der Waals surface area contributed by atoms with Crippen LogP contribution in [0.15, 0.2) is 52.9 Å². The molecule has 220 valence electrons. The molecule has 4 rings (SSSR count). The number of alkyl halides is 6. The Hall–Kier alpha value is -3.76. The Kier molecular flexibility index (Phi) is 9.08. The van der Waals surface area contributed by atoms with E-state index in [0.29, 0.717) is 17.0 Å². The van der Waals surface area contributed by atoms with Gasteiger partial charge in [0.15, 0.2) is 0 Å². The largest absolute Gasteiger partial charge is 0.465 e. The van der Waals surface area contributed by atoms with E-state index in [2.05, 4.69) is 15.0 Å². The molecule has 1 fully saturated rings. The van der Waals surface area contributed by atoms with Gasteiger partial charge >= 0.3 is 18.3 Å². The van der Waals surface area contributed by atoms with Crippen molar-refractivity contribution in [2.75, 3.05) is 19.0 Å². The molecule has 0 spiro atoms. The quantitative estimate of drug-likeness (QED) is 0.130. The first kappa shape index (κ1) is 31.2. The monoisotopic (exact) mass is 645 g/mol. The number of rotatable bonds is 7. The van der Waals surface area contributed by atoms with Gasteiger partial charge in [-0.15, -0.1) is 11.3 Å². The number of carbonyl (C=O) groups is 3. The van der Waals surface area contributed by atoms with E-state index < -0.39 is 41.3 Å². The molecule has 2 aromatic heterocycles. The van der Waals surface area contributed by atoms with Crippen molar-refractivity contribution in [3.8, 4) is 11.1 Å². The summed E-state index contributed by atoms with van der Waals surface area (Å²) in [5, 5.41) is 3.92. The second kappa shape index (κ2) is 12.2. The minimum atomic E-state index is -4.98. The van der Waals surface area contributed by atoms with Crippen LogP contribution in [0.1, 0.15) is 32.8 Å². The van der Waals surface area contributed by atoms with Crippen LogP contribution in [0.2, 0.25) is 0 Å². The molecule has 0 saturated carbocycles. The van der Waals surface area contributed by atoms with Gasteiger partial charge in [0.25, 0.3) is 5.91 Å². The molecule has 1 aliphatic heterocycles. The SMILES string of the molecule is COC(=O)c1ccc(NC(=O)CCN2C(=O)/C(=C/c3cc(-c4cc(C(F)(F)F)cc(C(F)(F)F)c4)cs3)SC2=S)nc1. The van der Waals surface area contributed by atoms with Crippen molar-refractivity contribution in [2.45, 2.75) is 18.8 Å². The van der Waals surface area contributed by atoms with E-state index in [4.69, 9.17) is 12.2 Å². The second-order valence-corrected chi connectivity index (χ2v) is 11.2. The Bertz CT molecular complexity index is 1550. The number of carbonyl (C=O) groups excluding carboxylic acids is 3. The molecule has 42 heavy (non-hydrogen) atoms. The molecule has 16 heteroatoms. The number of hydrogen-bond acceptors (Lipinski definition) is 8. The van der Waals surface area contributed by atoms with Gasteiger partial charge in [-0.05, 0) is 59.0 Å². The number of ether oxygens (including phenoxy) is 1. The van der Waals surface area contributed by atoms with Gasteiger partial charge < -0.3 is 10.1 Å². The van der Waals surface area contributed by atoms with Crippen molar-refractivity contribution in [3.05, 3.63) is 74.4 Å². The second-order valence-electron chi connectivity index (χ2n) is 8.59. The summed E-state index contributed by atoms with van der Waals surface area (Å²) >= 11 is 7.22. The highest BCUT2D eigenvalue weighted by atomic mass is 32.2. The smallest absolute Gasteiger partial charge is 0.416 e. The third kappa shape index (κ3) is 7.35. The molecular weight excluding hydrogens is 628 g/mol. The summed E-state index contributed by atoms with van der Waals surface area (Å²) in [6.45, 7) is -0.0613. The van der Waals surface area contributed by atoms with Crippen molar-refractivity contribution in [2.24, 2.45) is 0 Å². The number of nitrogens with zero attached hydrogens (tertiary/aromatic N) is 2. The number of thiophene rings is 1. The predicted molar refractivity (Wildman–Crippen MR) is 148 cm³/mol. The Morgan fingerprint density at radius 3 is 2.29 bits per heavy atom. The van der Waals surface area contributed by atoms with Crippen molar-refractivity contribution < 1.29 is 45.5 Å². The molecule has 0 bridgehead atoms. The first-order valence-corrected chi connectivity index (χ1v) is 13.7. The molecular formula is C26H17F6N3O4S3. The molecule has 1 saturated heterocycles. The van der Waals surface area contributed by atoms with Crippen molar-refractivity contribution in [3.63, 3.8) is 0 Å². The lowest BCUT2D eigenvalue weighted by Crippen LogP contribution is -2.31. The van der Waals surface area contributed by atoms with E-state index in [9.17, 15) is 40.7 Å². The summed E-state index contributed by atoms with van der Waals surface area (Å²) in [7, 11) is 1.22. The molecule has 3 aromatic rings. The van der Waals surface area contributed by atoms with Gasteiger partial charge in [-0.25, -0.2) is 9.78 Å². The third-order valence-electron chi connectivity index (χ3n) is 5.70. The maximum absolute atomic E-state index is 13.2. The summed E-state index contributed by atoms with van der Waals surface area (Å²) < 4.78 is 84.2. The summed E-state index contributed by atoms with van der Waals surface area (Å²) in [4.78, 5) is 42.5. The van der Waals surface area contributed by atoms with E-state index in [0.717, 1.165) is 23.1 Å². The average molecular weight is 646 g/mol. The van der Waals surface area contributed by atoms with E-state index in [1.807, 2.05) is 0 Å². The number of esters is 1. The topological polar surface area (TPSA) is 88.6 Å². The van der Waals surface area contributed by atoms with Gasteiger partial charge in [0.1, 0.15) is 10.1 Å². The Morgan fingerprint density at radius 2 is 1.71 bits per heavy atom. The van der Waals surface area contributed by atoms with E-state index in [1.54, 1.807) is 0 Å². The molecule has 2 amide bonds. The zero-order valence-electron chi connectivity index (χ0n) is 21.1. The number of nitrogens with one attached hydrogen (secondary N) is 1. The highest BCUT2D eigenvalue weighted by molar-refractivity contribution is 8.26. The van der Waals surface area contributed by atoms with Crippen molar-refractivity contribution >= 4 is 69.3 Å². The lowest BCUT2D eigenvalue weighted by molar-refractivity contribution is -0.143. The van der Waals surface area contributed by atoms with Crippen LogP contribution < -0.4 is 5.32 Å². The lowest BCUT2D eigenvalue weighted by Gasteiger charge is -2.14. The number of methoxy groups -OCH3 is 1. The van der Waals surface area contributed by atoms with Gasteiger partial charge in [0.2, 0.25) is 5.91 Å². The number of hydrogen-bond donors (Lipinski definition) is 1. The number of amides is 2. The van der Waals surface area contributed by atoms with Gasteiger partial charge in [-0.2, -0.15) is 26.3 Å². The number of aromatic nitrogens is 1. The normalized spacial score (nSPS) is 14.9. The van der Waals surface area contributed by atoms with Gasteiger partial charge in [0, 0.05) is 24.0 Å². The molecule has 0 aliphatic carbocycles. The molecule has 0 radical (unpaired) electrons. The van der Waals surface area contributed by atoms with Crippen LogP contribution in [-0.2, 0) is 26.7 Å². The fourth-order valence-electron chi connectivity index (χ4n) is 3.65. The van der Waals surface area contributed by atoms with Crippen LogP contribution in [0.3, 0.4) is 0 Å². The average Bonchev–Trinajstić information content (AvgIpc) is 3.50. The summed E-state index contributed by atoms with van der Waals surface area (Å²) in [5.74, 6) is -1.40. The number of benzene rings is 1. The molecule has 0 atom stereocenters. The van der Waals surface area contributed by atoms with Gasteiger partial charge in [-0.3, -0.25) is 14.5 Å². The van der Waals surface area contributed by atoms with E-state index in [1.165, 1.54) is 47.9 Å². The van der Waals surface area contributed by atoms with Gasteiger partial charge in [-0.1, -0.05) is 24.0 Å². The zero-order chi connectivity index (χ0) is 30.8. The predicted octanol–water partition coefficient (Wildman–Crippen LogP) is 6.86. The Balaban J connectivity index is 1.43. The summed E-state index contributed by atoms with van der Waals surface area (Å²) in [6.07, 6.45) is -7.44. The fourth-order valence-corrected chi connectivity index (χ4v) is 5.87. The number of pyridine rings is 1. The van der Waals surface area contributed by atoms with Crippen LogP contribution in [0.25, 0.3) is 17.2 Å². The molecule has 7 nitrogen and oxygen atoms in total. The van der Waals surface area contributed by atoms with Crippen LogP contribution in [-0.4, -0.2) is 45.6 Å². The number of thioether (sulfide) groups is 1. The Labute approximate surface area is 247 Å². The van der Waals surface area contributed by atoms with E-state index in [-0.39, 0.29) is 50.8 Å². The first-order chi connectivity index (χ1) is 19.7.